The van der Waals surface area contributed by atoms with Gasteiger partial charge in [-0.2, -0.15) is 0 Å². The summed E-state index contributed by atoms with van der Waals surface area (Å²) in [5, 5.41) is 2.99. The molecule has 0 aliphatic heterocycles. The number of benzene rings is 2. The van der Waals surface area contributed by atoms with E-state index in [0.29, 0.717) is 12.3 Å². The number of rotatable bonds is 11. The molecule has 2 aromatic rings. The van der Waals surface area contributed by atoms with Gasteiger partial charge in [0.05, 0.1) is 12.9 Å². The van der Waals surface area contributed by atoms with Crippen LogP contribution in [0.1, 0.15) is 38.3 Å². The number of carbonyl (C=O) groups excluding carboxylic acids is 2. The van der Waals surface area contributed by atoms with Gasteiger partial charge in [-0.25, -0.2) is 0 Å². The predicted octanol–water partition coefficient (Wildman–Crippen LogP) is 4.26. The van der Waals surface area contributed by atoms with E-state index in [4.69, 9.17) is 4.74 Å². The van der Waals surface area contributed by atoms with Crippen molar-refractivity contribution in [2.75, 3.05) is 12.9 Å². The number of carbonyl (C=O) groups is 2. The number of ether oxygens (including phenoxy) is 1. The van der Waals surface area contributed by atoms with Crippen molar-refractivity contribution in [3.05, 3.63) is 65.7 Å². The van der Waals surface area contributed by atoms with Gasteiger partial charge in [-0.3, -0.25) is 9.59 Å². The van der Waals surface area contributed by atoms with E-state index in [1.165, 1.54) is 5.56 Å². The molecule has 30 heavy (non-hydrogen) atoms. The SMILES string of the molecule is CC[C@H](C)NC(=O)[C@@H](C)N(Cc1cccc(OC)c1)C(=O)CSCc1ccccc1. The highest BCUT2D eigenvalue weighted by atomic mass is 32.2. The van der Waals surface area contributed by atoms with Gasteiger partial charge in [0.25, 0.3) is 0 Å². The van der Waals surface area contributed by atoms with E-state index in [9.17, 15) is 9.59 Å². The second-order valence-corrected chi connectivity index (χ2v) is 8.33. The van der Waals surface area contributed by atoms with Crippen molar-refractivity contribution in [3.63, 3.8) is 0 Å². The molecule has 0 spiro atoms. The van der Waals surface area contributed by atoms with Crippen LogP contribution in [0.4, 0.5) is 0 Å². The molecule has 0 aromatic heterocycles. The van der Waals surface area contributed by atoms with Crippen LogP contribution in [0.5, 0.6) is 5.75 Å². The minimum Gasteiger partial charge on any atom is -0.497 e. The Morgan fingerprint density at radius 2 is 1.77 bits per heavy atom. The first kappa shape index (κ1) is 23.8. The Hall–Kier alpha value is -2.47. The number of amides is 2. The standard InChI is InChI=1S/C24H32N2O3S/c1-5-18(2)25-24(28)19(3)26(15-21-12-9-13-22(14-21)29-4)23(27)17-30-16-20-10-7-6-8-11-20/h6-14,18-19H,5,15-17H2,1-4H3,(H,25,28)/t18-,19+/m0/s1. The number of nitrogens with one attached hydrogen (secondary N) is 1. The zero-order valence-corrected chi connectivity index (χ0v) is 19.1. The van der Waals surface area contributed by atoms with Gasteiger partial charge in [0.2, 0.25) is 11.8 Å². The largest absolute Gasteiger partial charge is 0.497 e. The van der Waals surface area contributed by atoms with Crippen LogP contribution in [0.15, 0.2) is 54.6 Å². The first-order valence-electron chi connectivity index (χ1n) is 10.3. The van der Waals surface area contributed by atoms with E-state index in [-0.39, 0.29) is 17.9 Å². The van der Waals surface area contributed by atoms with Gasteiger partial charge in [-0.15, -0.1) is 11.8 Å². The fraction of sp³-hybridized carbons (Fsp3) is 0.417. The number of thioether (sulfide) groups is 1. The van der Waals surface area contributed by atoms with Crippen LogP contribution in [0, 0.1) is 0 Å². The van der Waals surface area contributed by atoms with Gasteiger partial charge in [0.1, 0.15) is 11.8 Å². The number of nitrogens with zero attached hydrogens (tertiary/aromatic N) is 1. The topological polar surface area (TPSA) is 58.6 Å². The summed E-state index contributed by atoms with van der Waals surface area (Å²) in [6, 6.07) is 17.2. The lowest BCUT2D eigenvalue weighted by Gasteiger charge is -2.29. The van der Waals surface area contributed by atoms with Crippen LogP contribution in [0.2, 0.25) is 0 Å². The monoisotopic (exact) mass is 428 g/mol. The average molecular weight is 429 g/mol. The highest BCUT2D eigenvalue weighted by molar-refractivity contribution is 7.99. The van der Waals surface area contributed by atoms with E-state index in [2.05, 4.69) is 5.32 Å². The molecule has 0 bridgehead atoms. The number of hydrogen-bond donors (Lipinski definition) is 1. The molecule has 162 valence electrons. The van der Waals surface area contributed by atoms with Crippen LogP contribution < -0.4 is 10.1 Å². The fourth-order valence-electron chi connectivity index (χ4n) is 2.93. The zero-order valence-electron chi connectivity index (χ0n) is 18.3. The summed E-state index contributed by atoms with van der Waals surface area (Å²) in [7, 11) is 1.62. The van der Waals surface area contributed by atoms with E-state index in [1.54, 1.807) is 30.7 Å². The Labute approximate surface area is 184 Å². The van der Waals surface area contributed by atoms with Crippen molar-refractivity contribution < 1.29 is 14.3 Å². The van der Waals surface area contributed by atoms with Crippen LogP contribution >= 0.6 is 11.8 Å². The Morgan fingerprint density at radius 3 is 2.43 bits per heavy atom. The van der Waals surface area contributed by atoms with Gasteiger partial charge in [-0.1, -0.05) is 49.4 Å². The summed E-state index contributed by atoms with van der Waals surface area (Å²) < 4.78 is 5.30. The summed E-state index contributed by atoms with van der Waals surface area (Å²) in [6.45, 7) is 6.14. The molecule has 0 aliphatic rings. The maximum absolute atomic E-state index is 13.1. The second kappa shape index (κ2) is 12.3. The summed E-state index contributed by atoms with van der Waals surface area (Å²) in [5.41, 5.74) is 2.11. The first-order chi connectivity index (χ1) is 14.4. The smallest absolute Gasteiger partial charge is 0.242 e. The molecule has 6 heteroatoms. The summed E-state index contributed by atoms with van der Waals surface area (Å²) in [5.74, 6) is 1.63. The Kier molecular flexibility index (Phi) is 9.74. The van der Waals surface area contributed by atoms with Gasteiger partial charge in [0, 0.05) is 18.3 Å². The maximum Gasteiger partial charge on any atom is 0.242 e. The number of hydrogen-bond acceptors (Lipinski definition) is 4. The molecule has 5 nitrogen and oxygen atoms in total. The number of methoxy groups -OCH3 is 1. The molecular weight excluding hydrogens is 396 g/mol. The van der Waals surface area contributed by atoms with Crippen LogP contribution in [-0.2, 0) is 21.9 Å². The molecule has 0 saturated carbocycles. The Balaban J connectivity index is 2.09. The minimum absolute atomic E-state index is 0.0504. The molecule has 1 N–H and O–H groups in total. The normalized spacial score (nSPS) is 12.7. The second-order valence-electron chi connectivity index (χ2n) is 7.35. The molecule has 0 saturated heterocycles. The van der Waals surface area contributed by atoms with Crippen molar-refractivity contribution in [2.24, 2.45) is 0 Å². The zero-order chi connectivity index (χ0) is 21.9. The van der Waals surface area contributed by atoms with Gasteiger partial charge in [0.15, 0.2) is 0 Å². The molecule has 2 amide bonds. The molecule has 2 aromatic carbocycles. The first-order valence-corrected chi connectivity index (χ1v) is 11.4. The minimum atomic E-state index is -0.560. The fourth-order valence-corrected chi connectivity index (χ4v) is 3.80. The lowest BCUT2D eigenvalue weighted by atomic mass is 10.1. The Morgan fingerprint density at radius 1 is 1.07 bits per heavy atom. The quantitative estimate of drug-likeness (QED) is 0.581. The van der Waals surface area contributed by atoms with Crippen molar-refractivity contribution >= 4 is 23.6 Å². The summed E-state index contributed by atoms with van der Waals surface area (Å²) in [6.07, 6.45) is 0.842. The average Bonchev–Trinajstić information content (AvgIpc) is 2.77. The molecule has 2 atom stereocenters. The molecule has 2 rings (SSSR count). The van der Waals surface area contributed by atoms with E-state index in [0.717, 1.165) is 23.5 Å². The van der Waals surface area contributed by atoms with Crippen LogP contribution in [-0.4, -0.2) is 41.7 Å². The molecule has 0 heterocycles. The lowest BCUT2D eigenvalue weighted by molar-refractivity contribution is -0.138. The van der Waals surface area contributed by atoms with Gasteiger partial charge < -0.3 is 15.0 Å². The van der Waals surface area contributed by atoms with Gasteiger partial charge in [-0.05, 0) is 43.5 Å². The van der Waals surface area contributed by atoms with Crippen LogP contribution in [0.3, 0.4) is 0 Å². The van der Waals surface area contributed by atoms with E-state index >= 15 is 0 Å². The summed E-state index contributed by atoms with van der Waals surface area (Å²) >= 11 is 1.56. The third-order valence-corrected chi connectivity index (χ3v) is 5.98. The Bertz CT molecular complexity index is 813. The van der Waals surface area contributed by atoms with Crippen molar-refractivity contribution in [1.82, 2.24) is 10.2 Å². The van der Waals surface area contributed by atoms with Crippen LogP contribution in [0.25, 0.3) is 0 Å². The summed E-state index contributed by atoms with van der Waals surface area (Å²) in [4.78, 5) is 27.5. The van der Waals surface area contributed by atoms with Crippen molar-refractivity contribution in [1.29, 1.82) is 0 Å². The molecule has 0 aliphatic carbocycles. The highest BCUT2D eigenvalue weighted by Gasteiger charge is 2.26. The van der Waals surface area contributed by atoms with E-state index in [1.807, 2.05) is 68.4 Å². The maximum atomic E-state index is 13.1. The molecule has 0 fully saturated rings. The molecule has 0 unspecified atom stereocenters. The van der Waals surface area contributed by atoms with Gasteiger partial charge >= 0.3 is 0 Å². The molecular formula is C24H32N2O3S. The van der Waals surface area contributed by atoms with E-state index < -0.39 is 6.04 Å². The van der Waals surface area contributed by atoms with Crippen molar-refractivity contribution in [3.8, 4) is 5.75 Å². The molecule has 0 radical (unpaired) electrons. The highest BCUT2D eigenvalue weighted by Crippen LogP contribution is 2.18. The van der Waals surface area contributed by atoms with Crippen molar-refractivity contribution in [2.45, 2.75) is 51.6 Å². The predicted molar refractivity (Wildman–Crippen MR) is 124 cm³/mol. The third kappa shape index (κ3) is 7.41. The lowest BCUT2D eigenvalue weighted by Crippen LogP contribution is -2.50. The third-order valence-electron chi connectivity index (χ3n) is 4.99.